The maximum Gasteiger partial charge on any atom is 0.255 e. The van der Waals surface area contributed by atoms with Crippen LogP contribution in [0.25, 0.3) is 0 Å². The van der Waals surface area contributed by atoms with Crippen LogP contribution in [0.5, 0.6) is 5.75 Å². The molecule has 0 bridgehead atoms. The van der Waals surface area contributed by atoms with E-state index in [0.29, 0.717) is 24.9 Å². The largest absolute Gasteiger partial charge is 0.488 e. The van der Waals surface area contributed by atoms with Crippen LogP contribution in [-0.4, -0.2) is 54.7 Å². The summed E-state index contributed by atoms with van der Waals surface area (Å²) in [6, 6.07) is 0. The van der Waals surface area contributed by atoms with Crippen molar-refractivity contribution in [2.24, 2.45) is 0 Å². The normalized spacial score (nSPS) is 20.7. The molecule has 3 rings (SSSR count). The van der Waals surface area contributed by atoms with Gasteiger partial charge in [-0.25, -0.2) is 4.39 Å². The third kappa shape index (κ3) is 2.66. The Bertz CT molecular complexity index is 561. The van der Waals surface area contributed by atoms with E-state index < -0.39 is 11.4 Å². The number of nitrogens with one attached hydrogen (secondary N) is 1. The molecule has 0 atom stereocenters. The maximum atomic E-state index is 13.8. The van der Waals surface area contributed by atoms with Crippen LogP contribution in [0, 0.1) is 5.82 Å². The lowest BCUT2D eigenvalue weighted by atomic mass is 9.90. The molecule has 1 amide bonds. The summed E-state index contributed by atoms with van der Waals surface area (Å²) in [5.41, 5.74) is -0.206. The van der Waals surface area contributed by atoms with Crippen LogP contribution >= 0.6 is 0 Å². The summed E-state index contributed by atoms with van der Waals surface area (Å²) in [4.78, 5) is 18.5. The van der Waals surface area contributed by atoms with E-state index in [-0.39, 0.29) is 24.8 Å². The quantitative estimate of drug-likeness (QED) is 0.872. The molecule has 1 aromatic rings. The number of aromatic nitrogens is 1. The summed E-state index contributed by atoms with van der Waals surface area (Å²) in [5, 5.41) is 3.23. The van der Waals surface area contributed by atoms with Crippen LogP contribution in [0.2, 0.25) is 0 Å². The van der Waals surface area contributed by atoms with E-state index >= 15 is 0 Å². The summed E-state index contributed by atoms with van der Waals surface area (Å²) in [6.45, 7) is 2.45. The molecule has 1 aromatic heterocycles. The average Bonchev–Trinajstić information content (AvgIpc) is 2.78. The minimum atomic E-state index is -0.795. The molecular formula is C15H20FN3O3. The summed E-state index contributed by atoms with van der Waals surface area (Å²) in [5.74, 6) is -0.352. The summed E-state index contributed by atoms with van der Waals surface area (Å²) >= 11 is 0. The Hall–Kier alpha value is -1.73. The first-order valence-corrected chi connectivity index (χ1v) is 7.47. The Morgan fingerprint density at radius 2 is 2.23 bits per heavy atom. The van der Waals surface area contributed by atoms with E-state index in [9.17, 15) is 9.18 Å². The van der Waals surface area contributed by atoms with Gasteiger partial charge in [-0.2, -0.15) is 0 Å². The van der Waals surface area contributed by atoms with Gasteiger partial charge in [-0.1, -0.05) is 0 Å². The van der Waals surface area contributed by atoms with Gasteiger partial charge in [0.15, 0.2) is 11.6 Å². The zero-order valence-corrected chi connectivity index (χ0v) is 12.6. The lowest BCUT2D eigenvalue weighted by Gasteiger charge is -2.38. The second-order valence-electron chi connectivity index (χ2n) is 5.63. The molecule has 0 unspecified atom stereocenters. The second kappa shape index (κ2) is 6.18. The number of fused-ring (bicyclic) bond motifs is 1. The Balaban J connectivity index is 1.84. The molecule has 0 saturated carbocycles. The number of hydrogen-bond acceptors (Lipinski definition) is 5. The molecule has 2 aliphatic rings. The van der Waals surface area contributed by atoms with Gasteiger partial charge < -0.3 is 19.7 Å². The van der Waals surface area contributed by atoms with Crippen molar-refractivity contribution in [3.05, 3.63) is 23.8 Å². The predicted octanol–water partition coefficient (Wildman–Crippen LogP) is 0.710. The monoisotopic (exact) mass is 309 g/mol. The van der Waals surface area contributed by atoms with Crippen molar-refractivity contribution < 1.29 is 18.7 Å². The number of pyridine rings is 1. The van der Waals surface area contributed by atoms with Crippen molar-refractivity contribution in [1.82, 2.24) is 15.2 Å². The lowest BCUT2D eigenvalue weighted by Crippen LogP contribution is -2.55. The standard InChI is InChI=1S/C15H20FN3O3/c1-21-15(2-4-17-5-3-15)14(20)19-6-7-22-13-11(10-19)8-18-9-12(13)16/h8-9,17H,2-7,10H2,1H3. The minimum Gasteiger partial charge on any atom is -0.488 e. The van der Waals surface area contributed by atoms with Gasteiger partial charge in [0, 0.05) is 18.9 Å². The highest BCUT2D eigenvalue weighted by Gasteiger charge is 2.43. The number of rotatable bonds is 2. The lowest BCUT2D eigenvalue weighted by molar-refractivity contribution is -0.159. The van der Waals surface area contributed by atoms with Crippen molar-refractivity contribution in [1.29, 1.82) is 0 Å². The first-order chi connectivity index (χ1) is 10.7. The van der Waals surface area contributed by atoms with E-state index in [0.717, 1.165) is 19.3 Å². The molecule has 0 spiro atoms. The highest BCUT2D eigenvalue weighted by Crippen LogP contribution is 2.29. The molecular weight excluding hydrogens is 289 g/mol. The van der Waals surface area contributed by atoms with Crippen molar-refractivity contribution in [3.63, 3.8) is 0 Å². The Morgan fingerprint density at radius 1 is 1.45 bits per heavy atom. The number of ether oxygens (including phenoxy) is 2. The van der Waals surface area contributed by atoms with Gasteiger partial charge in [-0.15, -0.1) is 0 Å². The van der Waals surface area contributed by atoms with Crippen molar-refractivity contribution >= 4 is 5.91 Å². The number of carbonyl (C=O) groups is 1. The first kappa shape index (κ1) is 15.2. The van der Waals surface area contributed by atoms with Crippen LogP contribution in [0.3, 0.4) is 0 Å². The van der Waals surface area contributed by atoms with E-state index in [1.807, 2.05) is 0 Å². The number of halogens is 1. The van der Waals surface area contributed by atoms with Gasteiger partial charge in [0.25, 0.3) is 5.91 Å². The molecule has 2 aliphatic heterocycles. The fourth-order valence-corrected chi connectivity index (χ4v) is 3.08. The summed E-state index contributed by atoms with van der Waals surface area (Å²) in [7, 11) is 1.58. The molecule has 1 fully saturated rings. The zero-order valence-electron chi connectivity index (χ0n) is 12.6. The van der Waals surface area contributed by atoms with E-state index in [1.165, 1.54) is 0 Å². The highest BCUT2D eigenvalue weighted by atomic mass is 19.1. The van der Waals surface area contributed by atoms with Gasteiger partial charge in [-0.05, 0) is 25.9 Å². The molecule has 1 saturated heterocycles. The minimum absolute atomic E-state index is 0.0581. The molecule has 1 N–H and O–H groups in total. The fourth-order valence-electron chi connectivity index (χ4n) is 3.08. The van der Waals surface area contributed by atoms with Gasteiger partial charge in [0.2, 0.25) is 0 Å². The zero-order chi connectivity index (χ0) is 15.6. The number of methoxy groups -OCH3 is 1. The Labute approximate surface area is 128 Å². The molecule has 6 nitrogen and oxygen atoms in total. The average molecular weight is 309 g/mol. The number of nitrogens with zero attached hydrogens (tertiary/aromatic N) is 2. The second-order valence-corrected chi connectivity index (χ2v) is 5.63. The third-order valence-electron chi connectivity index (χ3n) is 4.37. The van der Waals surface area contributed by atoms with Crippen LogP contribution in [0.4, 0.5) is 4.39 Å². The van der Waals surface area contributed by atoms with Gasteiger partial charge >= 0.3 is 0 Å². The molecule has 0 aromatic carbocycles. The summed E-state index contributed by atoms with van der Waals surface area (Å²) < 4.78 is 24.8. The smallest absolute Gasteiger partial charge is 0.255 e. The third-order valence-corrected chi connectivity index (χ3v) is 4.37. The van der Waals surface area contributed by atoms with Crippen LogP contribution < -0.4 is 10.1 Å². The molecule has 0 radical (unpaired) electrons. The predicted molar refractivity (Wildman–Crippen MR) is 77.0 cm³/mol. The van der Waals surface area contributed by atoms with Crippen molar-refractivity contribution in [2.75, 3.05) is 33.4 Å². The van der Waals surface area contributed by atoms with Gasteiger partial charge in [-0.3, -0.25) is 9.78 Å². The van der Waals surface area contributed by atoms with E-state index in [4.69, 9.17) is 9.47 Å². The highest BCUT2D eigenvalue weighted by molar-refractivity contribution is 5.85. The van der Waals surface area contributed by atoms with Crippen LogP contribution in [0.1, 0.15) is 18.4 Å². The molecule has 0 aliphatic carbocycles. The summed E-state index contributed by atoms with van der Waals surface area (Å²) in [6.07, 6.45) is 3.94. The first-order valence-electron chi connectivity index (χ1n) is 7.47. The van der Waals surface area contributed by atoms with E-state index in [1.54, 1.807) is 18.2 Å². The topological polar surface area (TPSA) is 63.7 Å². The number of amides is 1. The van der Waals surface area contributed by atoms with Gasteiger partial charge in [0.1, 0.15) is 12.2 Å². The number of piperidine rings is 1. The molecule has 120 valence electrons. The molecule has 3 heterocycles. The van der Waals surface area contributed by atoms with Crippen LogP contribution in [-0.2, 0) is 16.1 Å². The Morgan fingerprint density at radius 3 is 2.95 bits per heavy atom. The number of hydrogen-bond donors (Lipinski definition) is 1. The Kier molecular flexibility index (Phi) is 4.26. The van der Waals surface area contributed by atoms with Crippen LogP contribution in [0.15, 0.2) is 12.4 Å². The number of carbonyl (C=O) groups excluding carboxylic acids is 1. The fraction of sp³-hybridized carbons (Fsp3) is 0.600. The molecule has 7 heteroatoms. The van der Waals surface area contributed by atoms with Crippen molar-refractivity contribution in [3.8, 4) is 5.75 Å². The maximum absolute atomic E-state index is 13.8. The van der Waals surface area contributed by atoms with E-state index in [2.05, 4.69) is 10.3 Å². The SMILES string of the molecule is COC1(C(=O)N2CCOc3c(F)cncc3C2)CCNCC1. The van der Waals surface area contributed by atoms with Gasteiger partial charge in [0.05, 0.1) is 19.3 Å². The van der Waals surface area contributed by atoms with Crippen molar-refractivity contribution in [2.45, 2.75) is 25.0 Å². The molecule has 22 heavy (non-hydrogen) atoms.